The van der Waals surface area contributed by atoms with Crippen molar-refractivity contribution in [2.75, 3.05) is 46.8 Å². The van der Waals surface area contributed by atoms with E-state index in [1.165, 1.54) is 100 Å². The van der Waals surface area contributed by atoms with Gasteiger partial charge in [-0.1, -0.05) is 96.8 Å². The van der Waals surface area contributed by atoms with Crippen molar-refractivity contribution >= 4 is 19.5 Å². The minimum atomic E-state index is -5.06. The lowest BCUT2D eigenvalue weighted by molar-refractivity contribution is -0.230. The molecule has 3 N–H and O–H groups in total. The van der Waals surface area contributed by atoms with Gasteiger partial charge in [-0.3, -0.25) is 28.3 Å². The molecule has 340 valence electrons. The first-order chi connectivity index (χ1) is 28.8. The Kier molecular flexibility index (Phi) is 20.5. The molecule has 2 aliphatic rings. The number of aromatic amines is 1. The first-order valence-corrected chi connectivity index (χ1v) is 22.8. The Balaban J connectivity index is 1.48. The standard InChI is InChI=1S/C40H66FN6O12P/c1-5-6-7-8-9-10-11-12-13-14-15-16-17-18-19-22-45(26-29-36(59-60(52,53)56-4)34(41)37(57-29)46-24-21-32(48)44-40(46)51)33(49)25-28-30(27-54-2)58-38(35(28)55-3)47-23-20-31(42)43-39(47)50/h20-21,23-24,28-30,34-38H,5-19,22,25-27H2,1-4H3,(H,52,53)(H2,42,43,50)(H,44,48,51)/p-1/t28-,29-,30-,34-,35-,36-,37-,38-/m1/s1. The molecular weight excluding hydrogens is 806 g/mol. The number of anilines is 1. The van der Waals surface area contributed by atoms with Gasteiger partial charge in [0, 0.05) is 65.2 Å². The van der Waals surface area contributed by atoms with E-state index >= 15 is 4.39 Å². The van der Waals surface area contributed by atoms with Gasteiger partial charge in [-0.2, -0.15) is 4.98 Å². The Bertz CT molecular complexity index is 1830. The molecule has 0 saturated carbocycles. The number of nitrogens with zero attached hydrogens (tertiary/aromatic N) is 4. The number of amides is 1. The van der Waals surface area contributed by atoms with Crippen LogP contribution >= 0.6 is 7.82 Å². The first-order valence-electron chi connectivity index (χ1n) is 21.3. The number of phosphoric ester groups is 1. The average molecular weight is 872 g/mol. The second-order valence-electron chi connectivity index (χ2n) is 15.6. The number of rotatable bonds is 28. The summed E-state index contributed by atoms with van der Waals surface area (Å²) in [5, 5.41) is 0. The molecule has 0 spiro atoms. The lowest BCUT2D eigenvalue weighted by Gasteiger charge is -2.32. The zero-order valence-electron chi connectivity index (χ0n) is 35.5. The maximum atomic E-state index is 16.2. The highest BCUT2D eigenvalue weighted by Gasteiger charge is 2.51. The molecule has 0 aliphatic carbocycles. The average Bonchev–Trinajstić information content (AvgIpc) is 3.70. The predicted octanol–water partition coefficient (Wildman–Crippen LogP) is 4.38. The Morgan fingerprint density at radius 2 is 1.47 bits per heavy atom. The van der Waals surface area contributed by atoms with Gasteiger partial charge in [0.1, 0.15) is 24.1 Å². The van der Waals surface area contributed by atoms with Crippen LogP contribution in [0.1, 0.15) is 122 Å². The summed E-state index contributed by atoms with van der Waals surface area (Å²) in [6, 6.07) is 2.44. The summed E-state index contributed by atoms with van der Waals surface area (Å²) in [6.45, 7) is 2.16. The third-order valence-electron chi connectivity index (χ3n) is 11.3. The van der Waals surface area contributed by atoms with E-state index in [-0.39, 0.29) is 31.9 Å². The van der Waals surface area contributed by atoms with Crippen molar-refractivity contribution in [3.8, 4) is 0 Å². The van der Waals surface area contributed by atoms with Gasteiger partial charge in [0.2, 0.25) is 5.91 Å². The van der Waals surface area contributed by atoms with Crippen molar-refractivity contribution in [3.05, 3.63) is 55.8 Å². The van der Waals surface area contributed by atoms with Gasteiger partial charge in [0.15, 0.2) is 18.6 Å². The van der Waals surface area contributed by atoms with Crippen LogP contribution in [0.2, 0.25) is 0 Å². The fraction of sp³-hybridized carbons (Fsp3) is 0.775. The van der Waals surface area contributed by atoms with E-state index in [9.17, 15) is 28.6 Å². The number of H-pyrrole nitrogens is 1. The highest BCUT2D eigenvalue weighted by Crippen LogP contribution is 2.45. The van der Waals surface area contributed by atoms with Gasteiger partial charge in [-0.25, -0.2) is 14.0 Å². The molecule has 1 amide bonds. The molecular formula is C40H65FN6O12P-. The Hall–Kier alpha value is -3.29. The largest absolute Gasteiger partial charge is 0.756 e. The second-order valence-corrected chi connectivity index (χ2v) is 17.1. The molecule has 0 aromatic carbocycles. The normalized spacial score (nSPS) is 25.1. The lowest BCUT2D eigenvalue weighted by Crippen LogP contribution is -2.45. The van der Waals surface area contributed by atoms with Gasteiger partial charge >= 0.3 is 11.4 Å². The van der Waals surface area contributed by atoms with Crippen molar-refractivity contribution in [2.24, 2.45) is 5.92 Å². The number of alkyl halides is 1. The number of carbonyl (C=O) groups excluding carboxylic acids is 1. The number of nitrogens with one attached hydrogen (secondary N) is 1. The molecule has 2 aliphatic heterocycles. The summed E-state index contributed by atoms with van der Waals surface area (Å²) in [7, 11) is -1.29. The summed E-state index contributed by atoms with van der Waals surface area (Å²) in [5.41, 5.74) is 3.32. The van der Waals surface area contributed by atoms with Crippen LogP contribution in [0.3, 0.4) is 0 Å². The molecule has 9 atom stereocenters. The van der Waals surface area contributed by atoms with Gasteiger partial charge in [0.25, 0.3) is 13.4 Å². The second kappa shape index (κ2) is 25.0. The third kappa shape index (κ3) is 14.4. The number of hydrogen-bond donors (Lipinski definition) is 2. The number of methoxy groups -OCH3 is 2. The van der Waals surface area contributed by atoms with Crippen LogP contribution in [0.4, 0.5) is 10.2 Å². The van der Waals surface area contributed by atoms with Crippen LogP contribution in [0, 0.1) is 5.92 Å². The highest BCUT2D eigenvalue weighted by molar-refractivity contribution is 7.45. The zero-order valence-corrected chi connectivity index (χ0v) is 36.3. The number of nitrogen functional groups attached to an aromatic ring is 1. The van der Waals surface area contributed by atoms with Crippen LogP contribution in [-0.2, 0) is 37.4 Å². The van der Waals surface area contributed by atoms with E-state index in [2.05, 4.69) is 16.4 Å². The molecule has 4 rings (SSSR count). The minimum absolute atomic E-state index is 0.0243. The number of halogens is 1. The number of carbonyl (C=O) groups is 1. The number of hydrogen-bond acceptors (Lipinski definition) is 14. The molecule has 2 fully saturated rings. The van der Waals surface area contributed by atoms with E-state index < -0.39 is 79.6 Å². The highest BCUT2D eigenvalue weighted by atomic mass is 31.2. The van der Waals surface area contributed by atoms with E-state index in [0.29, 0.717) is 6.42 Å². The fourth-order valence-electron chi connectivity index (χ4n) is 8.04. The van der Waals surface area contributed by atoms with Crippen LogP contribution in [-0.4, -0.2) is 102 Å². The monoisotopic (exact) mass is 871 g/mol. The maximum absolute atomic E-state index is 16.2. The molecule has 4 heterocycles. The number of ether oxygens (including phenoxy) is 4. The van der Waals surface area contributed by atoms with Crippen LogP contribution in [0.15, 0.2) is 38.9 Å². The molecule has 1 unspecified atom stereocenters. The summed E-state index contributed by atoms with van der Waals surface area (Å²) >= 11 is 0. The molecule has 0 radical (unpaired) electrons. The number of aromatic nitrogens is 4. The number of unbranched alkanes of at least 4 members (excludes halogenated alkanes) is 14. The van der Waals surface area contributed by atoms with Crippen molar-refractivity contribution < 1.29 is 46.6 Å². The van der Waals surface area contributed by atoms with E-state index in [1.54, 1.807) is 0 Å². The summed E-state index contributed by atoms with van der Waals surface area (Å²) in [5.74, 6) is -1.04. The smallest absolute Gasteiger partial charge is 0.351 e. The predicted molar refractivity (Wildman–Crippen MR) is 219 cm³/mol. The molecule has 2 saturated heterocycles. The Morgan fingerprint density at radius 1 is 0.883 bits per heavy atom. The Labute approximate surface area is 350 Å². The summed E-state index contributed by atoms with van der Waals surface area (Å²) in [6.07, 6.45) is 9.83. The molecule has 60 heavy (non-hydrogen) atoms. The van der Waals surface area contributed by atoms with E-state index in [1.807, 2.05) is 4.98 Å². The minimum Gasteiger partial charge on any atom is -0.756 e. The molecule has 20 heteroatoms. The number of phosphoric acid groups is 1. The van der Waals surface area contributed by atoms with Crippen molar-refractivity contribution in [3.63, 3.8) is 0 Å². The van der Waals surface area contributed by atoms with Gasteiger partial charge in [-0.05, 0) is 12.5 Å². The van der Waals surface area contributed by atoms with Crippen LogP contribution in [0.5, 0.6) is 0 Å². The lowest BCUT2D eigenvalue weighted by atomic mass is 9.93. The zero-order chi connectivity index (χ0) is 43.7. The van der Waals surface area contributed by atoms with Gasteiger partial charge in [0.05, 0.1) is 12.7 Å². The molecule has 2 aromatic heterocycles. The van der Waals surface area contributed by atoms with Crippen molar-refractivity contribution in [1.82, 2.24) is 24.0 Å². The molecule has 2 aromatic rings. The summed E-state index contributed by atoms with van der Waals surface area (Å²) < 4.78 is 63.8. The number of nitrogens with two attached hydrogens (primary N) is 1. The van der Waals surface area contributed by atoms with Crippen LogP contribution in [0.25, 0.3) is 0 Å². The van der Waals surface area contributed by atoms with Gasteiger partial charge < -0.3 is 43.5 Å². The molecule has 18 nitrogen and oxygen atoms in total. The first kappa shape index (κ1) is 49.4. The Morgan fingerprint density at radius 3 is 2.02 bits per heavy atom. The van der Waals surface area contributed by atoms with E-state index in [4.69, 9.17) is 29.2 Å². The third-order valence-corrected chi connectivity index (χ3v) is 12.2. The van der Waals surface area contributed by atoms with Crippen molar-refractivity contribution in [2.45, 2.75) is 153 Å². The van der Waals surface area contributed by atoms with Gasteiger partial charge in [-0.15, -0.1) is 0 Å². The van der Waals surface area contributed by atoms with Crippen LogP contribution < -0.4 is 27.6 Å². The fourth-order valence-corrected chi connectivity index (χ4v) is 8.68. The SMILES string of the molecule is CCCCCCCCCCCCCCCCCN(C[C@H]1O[C@@H](n2ccc(=O)[nH]c2=O)[C@H](F)[C@@H]1OP(=O)([O-])OC)C(=O)C[C@H]1[C@@H](OC)[C@H](n2ccc(N)nc2=O)O[C@@H]1COC. The topological polar surface area (TPSA) is 232 Å². The van der Waals surface area contributed by atoms with E-state index in [0.717, 1.165) is 49.6 Å². The quantitative estimate of drug-likeness (QED) is 0.0894. The van der Waals surface area contributed by atoms with Crippen molar-refractivity contribution in [1.29, 1.82) is 0 Å². The maximum Gasteiger partial charge on any atom is 0.351 e. The summed E-state index contributed by atoms with van der Waals surface area (Å²) in [4.78, 5) is 71.5. The molecule has 0 bridgehead atoms.